The first-order valence-corrected chi connectivity index (χ1v) is 7.99. The van der Waals surface area contributed by atoms with E-state index in [9.17, 15) is 14.0 Å². The number of fused-ring (bicyclic) bond motifs is 1. The summed E-state index contributed by atoms with van der Waals surface area (Å²) in [5.41, 5.74) is 0.641. The molecule has 0 saturated carbocycles. The summed E-state index contributed by atoms with van der Waals surface area (Å²) in [7, 11) is 1.52. The highest BCUT2D eigenvalue weighted by Gasteiger charge is 2.09. The second-order valence-electron chi connectivity index (χ2n) is 5.53. The number of para-hydroxylation sites is 2. The number of hydrogen-bond donors (Lipinski definition) is 2. The van der Waals surface area contributed by atoms with Crippen LogP contribution in [0.15, 0.2) is 47.3 Å². The average Bonchev–Trinajstić information content (AvgIpc) is 2.94. The van der Waals surface area contributed by atoms with Crippen molar-refractivity contribution in [3.63, 3.8) is 0 Å². The van der Waals surface area contributed by atoms with Crippen LogP contribution in [-0.4, -0.2) is 35.7 Å². The van der Waals surface area contributed by atoms with Crippen LogP contribution in [0.1, 0.15) is 0 Å². The highest BCUT2D eigenvalue weighted by molar-refractivity contribution is 5.77. The molecule has 26 heavy (non-hydrogen) atoms. The first kappa shape index (κ1) is 17.5. The molecule has 0 saturated heterocycles. The van der Waals surface area contributed by atoms with Gasteiger partial charge < -0.3 is 19.8 Å². The van der Waals surface area contributed by atoms with Gasteiger partial charge in [-0.15, -0.1) is 0 Å². The van der Waals surface area contributed by atoms with Crippen LogP contribution in [0.3, 0.4) is 0 Å². The summed E-state index contributed by atoms with van der Waals surface area (Å²) in [5.74, 6) is 0.264. The molecule has 0 spiro atoms. The van der Waals surface area contributed by atoms with Gasteiger partial charge in [0.25, 0.3) is 5.91 Å². The molecule has 3 rings (SSSR count). The first-order chi connectivity index (χ1) is 12.6. The van der Waals surface area contributed by atoms with E-state index in [1.54, 1.807) is 24.3 Å². The van der Waals surface area contributed by atoms with Gasteiger partial charge in [0.15, 0.2) is 18.1 Å². The van der Waals surface area contributed by atoms with Gasteiger partial charge in [-0.3, -0.25) is 9.36 Å². The van der Waals surface area contributed by atoms with E-state index in [-0.39, 0.29) is 31.3 Å². The molecule has 0 atom stereocenters. The Morgan fingerprint density at radius 1 is 1.23 bits per heavy atom. The number of H-pyrrole nitrogens is 1. The number of imidazole rings is 1. The number of ether oxygens (including phenoxy) is 2. The fraction of sp³-hybridized carbons (Fsp3) is 0.222. The van der Waals surface area contributed by atoms with Gasteiger partial charge in [-0.2, -0.15) is 0 Å². The van der Waals surface area contributed by atoms with Gasteiger partial charge >= 0.3 is 5.69 Å². The Kier molecular flexibility index (Phi) is 5.21. The van der Waals surface area contributed by atoms with Crippen molar-refractivity contribution in [2.75, 3.05) is 20.3 Å². The van der Waals surface area contributed by atoms with Crippen molar-refractivity contribution in [2.24, 2.45) is 0 Å². The monoisotopic (exact) mass is 359 g/mol. The highest BCUT2D eigenvalue weighted by atomic mass is 19.1. The third kappa shape index (κ3) is 3.85. The minimum Gasteiger partial charge on any atom is -0.493 e. The van der Waals surface area contributed by atoms with Gasteiger partial charge in [-0.25, -0.2) is 9.18 Å². The molecule has 0 fully saturated rings. The SMILES string of the molecule is COc1ccccc1OCC(=O)NCCn1c(=O)[nH]c2cc(F)ccc21. The summed E-state index contributed by atoms with van der Waals surface area (Å²) < 4.78 is 25.2. The number of carbonyl (C=O) groups is 1. The van der Waals surface area contributed by atoms with Crippen molar-refractivity contribution < 1.29 is 18.7 Å². The van der Waals surface area contributed by atoms with Gasteiger partial charge in [0.2, 0.25) is 0 Å². The second kappa shape index (κ2) is 7.73. The molecule has 0 aliphatic rings. The number of aromatic amines is 1. The number of methoxy groups -OCH3 is 1. The quantitative estimate of drug-likeness (QED) is 0.672. The van der Waals surface area contributed by atoms with Crippen LogP contribution in [0.2, 0.25) is 0 Å². The first-order valence-electron chi connectivity index (χ1n) is 7.99. The molecule has 2 aromatic carbocycles. The zero-order valence-corrected chi connectivity index (χ0v) is 14.1. The zero-order chi connectivity index (χ0) is 18.5. The van der Waals surface area contributed by atoms with Crippen LogP contribution < -0.4 is 20.5 Å². The summed E-state index contributed by atoms with van der Waals surface area (Å²) in [4.78, 5) is 26.4. The summed E-state index contributed by atoms with van der Waals surface area (Å²) in [6.45, 7) is 0.317. The predicted octanol–water partition coefficient (Wildman–Crippen LogP) is 1.67. The Hall–Kier alpha value is -3.29. The Labute approximate surface area is 148 Å². The number of nitrogens with zero attached hydrogens (tertiary/aromatic N) is 1. The molecule has 1 heterocycles. The maximum absolute atomic E-state index is 13.2. The van der Waals surface area contributed by atoms with Gasteiger partial charge in [0, 0.05) is 13.1 Å². The molecule has 136 valence electrons. The maximum atomic E-state index is 13.2. The number of rotatable bonds is 7. The van der Waals surface area contributed by atoms with Gasteiger partial charge in [0.1, 0.15) is 5.82 Å². The molecule has 1 amide bonds. The number of nitrogens with one attached hydrogen (secondary N) is 2. The number of halogens is 1. The third-order valence-corrected chi connectivity index (χ3v) is 3.82. The van der Waals surface area contributed by atoms with E-state index in [0.29, 0.717) is 22.5 Å². The number of carbonyl (C=O) groups excluding carboxylic acids is 1. The molecule has 0 unspecified atom stereocenters. The normalized spacial score (nSPS) is 10.7. The number of aromatic nitrogens is 2. The van der Waals surface area contributed by atoms with Crippen molar-refractivity contribution in [1.29, 1.82) is 0 Å². The fourth-order valence-corrected chi connectivity index (χ4v) is 2.60. The van der Waals surface area contributed by atoms with Gasteiger partial charge in [0.05, 0.1) is 18.1 Å². The predicted molar refractivity (Wildman–Crippen MR) is 94.0 cm³/mol. The number of amides is 1. The van der Waals surface area contributed by atoms with Crippen molar-refractivity contribution in [3.05, 3.63) is 58.8 Å². The Balaban J connectivity index is 1.54. The van der Waals surface area contributed by atoms with Crippen LogP contribution in [-0.2, 0) is 11.3 Å². The van der Waals surface area contributed by atoms with Crippen molar-refractivity contribution >= 4 is 16.9 Å². The van der Waals surface area contributed by atoms with Crippen LogP contribution in [0, 0.1) is 5.82 Å². The molecule has 0 radical (unpaired) electrons. The van der Waals surface area contributed by atoms with E-state index in [2.05, 4.69) is 10.3 Å². The standard InChI is InChI=1S/C18H18FN3O4/c1-25-15-4-2-3-5-16(15)26-11-17(23)20-8-9-22-14-7-6-12(19)10-13(14)21-18(22)24/h2-7,10H,8-9,11H2,1H3,(H,20,23)(H,21,24). The Morgan fingerprint density at radius 2 is 2.00 bits per heavy atom. The average molecular weight is 359 g/mol. The van der Waals surface area contributed by atoms with E-state index in [1.807, 2.05) is 0 Å². The molecular formula is C18H18FN3O4. The van der Waals surface area contributed by atoms with Crippen molar-refractivity contribution in [1.82, 2.24) is 14.9 Å². The van der Waals surface area contributed by atoms with E-state index >= 15 is 0 Å². The second-order valence-corrected chi connectivity index (χ2v) is 5.53. The third-order valence-electron chi connectivity index (χ3n) is 3.82. The molecule has 3 aromatic rings. The van der Waals surface area contributed by atoms with Crippen LogP contribution in [0.4, 0.5) is 4.39 Å². The maximum Gasteiger partial charge on any atom is 0.326 e. The molecule has 1 aromatic heterocycles. The van der Waals surface area contributed by atoms with Crippen molar-refractivity contribution in [2.45, 2.75) is 6.54 Å². The van der Waals surface area contributed by atoms with Gasteiger partial charge in [-0.05, 0) is 30.3 Å². The number of benzene rings is 2. The minimum atomic E-state index is -0.423. The van der Waals surface area contributed by atoms with Crippen LogP contribution >= 0.6 is 0 Å². The lowest BCUT2D eigenvalue weighted by atomic mass is 10.3. The lowest BCUT2D eigenvalue weighted by Crippen LogP contribution is -2.33. The fourth-order valence-electron chi connectivity index (χ4n) is 2.60. The summed E-state index contributed by atoms with van der Waals surface area (Å²) in [6.07, 6.45) is 0. The van der Waals surface area contributed by atoms with E-state index in [0.717, 1.165) is 0 Å². The van der Waals surface area contributed by atoms with E-state index in [1.165, 1.54) is 29.9 Å². The molecule has 0 bridgehead atoms. The van der Waals surface area contributed by atoms with Gasteiger partial charge in [-0.1, -0.05) is 12.1 Å². The van der Waals surface area contributed by atoms with E-state index in [4.69, 9.17) is 9.47 Å². The molecular weight excluding hydrogens is 341 g/mol. The van der Waals surface area contributed by atoms with E-state index < -0.39 is 5.82 Å². The van der Waals surface area contributed by atoms with Crippen molar-refractivity contribution in [3.8, 4) is 11.5 Å². The molecule has 0 aliphatic heterocycles. The Bertz CT molecular complexity index is 980. The number of hydrogen-bond acceptors (Lipinski definition) is 4. The minimum absolute atomic E-state index is 0.172. The van der Waals surface area contributed by atoms with Crippen LogP contribution in [0.25, 0.3) is 11.0 Å². The zero-order valence-electron chi connectivity index (χ0n) is 14.1. The highest BCUT2D eigenvalue weighted by Crippen LogP contribution is 2.25. The smallest absolute Gasteiger partial charge is 0.326 e. The molecule has 0 aliphatic carbocycles. The largest absolute Gasteiger partial charge is 0.493 e. The Morgan fingerprint density at radius 3 is 2.77 bits per heavy atom. The van der Waals surface area contributed by atoms with Crippen LogP contribution in [0.5, 0.6) is 11.5 Å². The summed E-state index contributed by atoms with van der Waals surface area (Å²) >= 11 is 0. The molecule has 8 heteroatoms. The molecule has 7 nitrogen and oxygen atoms in total. The lowest BCUT2D eigenvalue weighted by Gasteiger charge is -2.10. The summed E-state index contributed by atoms with van der Waals surface area (Å²) in [6, 6.07) is 11.1. The molecule has 2 N–H and O–H groups in total. The summed E-state index contributed by atoms with van der Waals surface area (Å²) in [5, 5.41) is 2.68. The lowest BCUT2D eigenvalue weighted by molar-refractivity contribution is -0.123. The topological polar surface area (TPSA) is 85.3 Å².